The molecule has 13 nitrogen and oxygen atoms in total. The fraction of sp³-hybridized carbons (Fsp3) is 0.564. The van der Waals surface area contributed by atoms with Gasteiger partial charge in [0.2, 0.25) is 0 Å². The van der Waals surface area contributed by atoms with Gasteiger partial charge in [-0.1, -0.05) is 35.8 Å². The molecule has 2 aromatic carbocycles. The third-order valence-electron chi connectivity index (χ3n) is 10.4. The van der Waals surface area contributed by atoms with Gasteiger partial charge < -0.3 is 60.0 Å². The normalized spacial score (nSPS) is 32.2. The number of amides is 1. The van der Waals surface area contributed by atoms with Gasteiger partial charge in [0.15, 0.2) is 0 Å². The second kappa shape index (κ2) is 15.0. The summed E-state index contributed by atoms with van der Waals surface area (Å²) in [6.45, 7) is 5.47. The number of fused-ring (bicyclic) bond motifs is 5. The summed E-state index contributed by atoms with van der Waals surface area (Å²) in [6.07, 6.45) is -12.2. The van der Waals surface area contributed by atoms with Crippen molar-refractivity contribution in [1.82, 2.24) is 4.90 Å². The second-order valence-electron chi connectivity index (χ2n) is 14.9. The predicted octanol–water partition coefficient (Wildman–Crippen LogP) is -0.238. The maximum Gasteiger partial charge on any atom is 0.410 e. The molecular weight excluding hydrogens is 674 g/mol. The fourth-order valence-electron chi connectivity index (χ4n) is 7.55. The molecule has 10 atom stereocenters. The van der Waals surface area contributed by atoms with E-state index >= 15 is 0 Å². The van der Waals surface area contributed by atoms with E-state index in [9.17, 15) is 45.6 Å². The van der Waals surface area contributed by atoms with E-state index < -0.39 is 84.8 Å². The molecule has 0 saturated carbocycles. The lowest BCUT2D eigenvalue weighted by atomic mass is 9.70. The van der Waals surface area contributed by atoms with Gasteiger partial charge in [-0.2, -0.15) is 0 Å². The van der Waals surface area contributed by atoms with Crippen LogP contribution in [0, 0.1) is 23.7 Å². The summed E-state index contributed by atoms with van der Waals surface area (Å²) in [5.41, 5.74) is 3.99. The number of piperidine rings is 1. The summed E-state index contributed by atoms with van der Waals surface area (Å²) < 4.78 is 17.0. The van der Waals surface area contributed by atoms with Gasteiger partial charge in [-0.25, -0.2) is 4.79 Å². The number of benzene rings is 2. The monoisotopic (exact) mass is 721 g/mol. The lowest BCUT2D eigenvalue weighted by Gasteiger charge is -2.41. The van der Waals surface area contributed by atoms with Crippen LogP contribution in [-0.4, -0.2) is 145 Å². The summed E-state index contributed by atoms with van der Waals surface area (Å²) in [5.74, 6) is 11.9. The smallest absolute Gasteiger partial charge is 0.410 e. The Bertz CT molecular complexity index is 1760. The van der Waals surface area contributed by atoms with Crippen LogP contribution in [0.1, 0.15) is 62.3 Å². The third kappa shape index (κ3) is 7.32. The number of carbonyl (C=O) groups excluding carboxylic acids is 1. The minimum Gasteiger partial charge on any atom is -0.444 e. The molecule has 0 bridgehead atoms. The molecule has 3 aliphatic heterocycles. The summed E-state index contributed by atoms with van der Waals surface area (Å²) in [6, 6.07) is 11.6. The van der Waals surface area contributed by atoms with Crippen LogP contribution in [0.5, 0.6) is 0 Å². The molecule has 280 valence electrons. The molecule has 4 aliphatic rings. The molecule has 6 rings (SSSR count). The Morgan fingerprint density at radius 1 is 0.769 bits per heavy atom. The first-order valence-electron chi connectivity index (χ1n) is 17.6. The van der Waals surface area contributed by atoms with Gasteiger partial charge >= 0.3 is 6.09 Å². The molecule has 1 aliphatic carbocycles. The molecule has 8 N–H and O–H groups in total. The second-order valence-corrected chi connectivity index (χ2v) is 14.9. The average Bonchev–Trinajstić information content (AvgIpc) is 3.37. The molecule has 13 heteroatoms. The Labute approximate surface area is 302 Å². The quantitative estimate of drug-likeness (QED) is 0.193. The maximum atomic E-state index is 13.0. The van der Waals surface area contributed by atoms with Gasteiger partial charge in [0.05, 0.1) is 12.7 Å². The van der Waals surface area contributed by atoms with Crippen molar-refractivity contribution in [2.75, 3.05) is 26.3 Å². The van der Waals surface area contributed by atoms with E-state index in [1.165, 1.54) is 0 Å². The Balaban J connectivity index is 1.33. The van der Waals surface area contributed by atoms with Gasteiger partial charge in [0, 0.05) is 36.2 Å². The van der Waals surface area contributed by atoms with E-state index in [0.29, 0.717) is 37.1 Å². The van der Waals surface area contributed by atoms with Gasteiger partial charge in [-0.3, -0.25) is 0 Å². The zero-order valence-corrected chi connectivity index (χ0v) is 29.3. The number of ether oxygens (including phenoxy) is 3. The highest BCUT2D eigenvalue weighted by atomic mass is 16.6. The minimum atomic E-state index is -1.54. The van der Waals surface area contributed by atoms with Crippen LogP contribution < -0.4 is 0 Å². The predicted molar refractivity (Wildman–Crippen MR) is 186 cm³/mol. The highest BCUT2D eigenvalue weighted by Crippen LogP contribution is 2.54. The first-order valence-corrected chi connectivity index (χ1v) is 17.6. The SMILES string of the molecule is CC(C)(C)OC(=O)N1CCC2(CC1)c1cc(C#C[C@H]3O[C@H](CO)[C@@H](O)[C@H](O)[C@@H]3O)ccc1-c1ccc(C#C[C@H]3O[C@H](CCO)[C@@H](O)[C@H](O)[C@@H]3O)cc12. The van der Waals surface area contributed by atoms with Crippen LogP contribution >= 0.6 is 0 Å². The third-order valence-corrected chi connectivity index (χ3v) is 10.4. The zero-order chi connectivity index (χ0) is 37.5. The van der Waals surface area contributed by atoms with Crippen molar-refractivity contribution >= 4 is 6.09 Å². The number of rotatable bonds is 3. The van der Waals surface area contributed by atoms with Crippen LogP contribution in [-0.2, 0) is 19.6 Å². The summed E-state index contributed by atoms with van der Waals surface area (Å²) in [4.78, 5) is 14.7. The summed E-state index contributed by atoms with van der Waals surface area (Å²) in [7, 11) is 0. The molecule has 3 saturated heterocycles. The van der Waals surface area contributed by atoms with Crippen molar-refractivity contribution in [3.63, 3.8) is 0 Å². The van der Waals surface area contributed by atoms with Crippen molar-refractivity contribution < 1.29 is 59.9 Å². The van der Waals surface area contributed by atoms with Gasteiger partial charge in [-0.05, 0) is 86.6 Å². The lowest BCUT2D eigenvalue weighted by molar-refractivity contribution is -0.214. The van der Waals surface area contributed by atoms with Crippen molar-refractivity contribution in [3.8, 4) is 34.8 Å². The molecule has 2 aromatic rings. The molecule has 1 spiro atoms. The first kappa shape index (κ1) is 38.2. The van der Waals surface area contributed by atoms with Gasteiger partial charge in [0.1, 0.15) is 60.5 Å². The summed E-state index contributed by atoms with van der Waals surface area (Å²) in [5, 5.41) is 81.1. The average molecular weight is 722 g/mol. The molecular formula is C39H47NO12. The number of hydrogen-bond donors (Lipinski definition) is 8. The zero-order valence-electron chi connectivity index (χ0n) is 29.3. The highest BCUT2D eigenvalue weighted by molar-refractivity contribution is 5.83. The van der Waals surface area contributed by atoms with E-state index in [0.717, 1.165) is 22.3 Å². The molecule has 3 heterocycles. The maximum absolute atomic E-state index is 13.0. The fourth-order valence-corrected chi connectivity index (χ4v) is 7.55. The van der Waals surface area contributed by atoms with Gasteiger partial charge in [-0.15, -0.1) is 0 Å². The number of likely N-dealkylation sites (tertiary alicyclic amines) is 1. The van der Waals surface area contributed by atoms with E-state index in [2.05, 4.69) is 23.7 Å². The molecule has 0 unspecified atom stereocenters. The number of aliphatic hydroxyl groups excluding tert-OH is 8. The topological polar surface area (TPSA) is 210 Å². The summed E-state index contributed by atoms with van der Waals surface area (Å²) >= 11 is 0. The van der Waals surface area contributed by atoms with Crippen molar-refractivity contribution in [3.05, 3.63) is 58.7 Å². The van der Waals surface area contributed by atoms with Crippen LogP contribution in [0.25, 0.3) is 11.1 Å². The number of hydrogen-bond acceptors (Lipinski definition) is 12. The molecule has 52 heavy (non-hydrogen) atoms. The molecule has 0 radical (unpaired) electrons. The van der Waals surface area contributed by atoms with Crippen molar-refractivity contribution in [2.24, 2.45) is 0 Å². The van der Waals surface area contributed by atoms with Gasteiger partial charge in [0.25, 0.3) is 0 Å². The van der Waals surface area contributed by atoms with Crippen molar-refractivity contribution in [1.29, 1.82) is 0 Å². The molecule has 0 aromatic heterocycles. The van der Waals surface area contributed by atoms with Crippen LogP contribution in [0.2, 0.25) is 0 Å². The van der Waals surface area contributed by atoms with Crippen LogP contribution in [0.4, 0.5) is 4.79 Å². The van der Waals surface area contributed by atoms with E-state index in [1.807, 2.05) is 57.2 Å². The van der Waals surface area contributed by atoms with E-state index in [4.69, 9.17) is 14.2 Å². The lowest BCUT2D eigenvalue weighted by Crippen LogP contribution is -2.58. The Kier molecular flexibility index (Phi) is 11.0. The molecule has 1 amide bonds. The number of nitrogens with zero attached hydrogens (tertiary/aromatic N) is 1. The Morgan fingerprint density at radius 2 is 1.25 bits per heavy atom. The van der Waals surface area contributed by atoms with E-state index in [1.54, 1.807) is 4.90 Å². The number of carbonyl (C=O) groups is 1. The minimum absolute atomic E-state index is 0.0674. The first-order chi connectivity index (χ1) is 24.7. The highest BCUT2D eigenvalue weighted by Gasteiger charge is 2.47. The van der Waals surface area contributed by atoms with Crippen LogP contribution in [0.15, 0.2) is 36.4 Å². The van der Waals surface area contributed by atoms with E-state index in [-0.39, 0.29) is 13.0 Å². The van der Waals surface area contributed by atoms with Crippen molar-refractivity contribution in [2.45, 2.75) is 112 Å². The Morgan fingerprint density at radius 3 is 1.71 bits per heavy atom. The Hall–Kier alpha value is -3.57. The number of aliphatic hydroxyl groups is 8. The largest absolute Gasteiger partial charge is 0.444 e. The van der Waals surface area contributed by atoms with Crippen LogP contribution in [0.3, 0.4) is 0 Å². The standard InChI is InChI=1S/C39H47NO12/c1-38(2,3)52-37(49)40-15-13-39(14-16-40)25-18-21(6-10-27-31(43)35(47)33(45)29(50-27)12-17-41)4-8-23(25)24-9-5-22(19-26(24)39)7-11-28-32(44)36(48)34(46)30(20-42)51-28/h4-5,8-9,18-19,27-36,41-48H,12-17,20H2,1-3H3/t27-,28-,29-,30-,31-,32-,33-,34-,35-,36-/m1/s1. The molecule has 3 fully saturated rings.